The van der Waals surface area contributed by atoms with Crippen molar-refractivity contribution in [3.8, 4) is 0 Å². The lowest BCUT2D eigenvalue weighted by atomic mass is 10.2. The van der Waals surface area contributed by atoms with Crippen LogP contribution in [-0.4, -0.2) is 20.7 Å². The Morgan fingerprint density at radius 2 is 2.13 bits per heavy atom. The molecule has 5 nitrogen and oxygen atoms in total. The van der Waals surface area contributed by atoms with Crippen LogP contribution in [0.1, 0.15) is 12.0 Å². The van der Waals surface area contributed by atoms with Gasteiger partial charge in [-0.1, -0.05) is 0 Å². The van der Waals surface area contributed by atoms with Crippen molar-refractivity contribution in [1.29, 1.82) is 0 Å². The van der Waals surface area contributed by atoms with Gasteiger partial charge in [0.05, 0.1) is 0 Å². The van der Waals surface area contributed by atoms with Gasteiger partial charge in [0.1, 0.15) is 6.33 Å². The van der Waals surface area contributed by atoms with Crippen LogP contribution in [-0.2, 0) is 18.3 Å². The zero-order valence-electron chi connectivity index (χ0n) is 12.6. The number of nitrogens with one attached hydrogen (secondary N) is 1. The smallest absolute Gasteiger partial charge is 0.224 e. The second-order valence-corrected chi connectivity index (χ2v) is 6.85. The molecule has 7 heteroatoms. The highest BCUT2D eigenvalue weighted by Gasteiger charge is 2.06. The third kappa shape index (κ3) is 4.43. The fraction of sp³-hybridized carbons (Fsp3) is 0.188. The number of benzene rings is 1. The fourth-order valence-corrected chi connectivity index (χ4v) is 3.46. The first-order chi connectivity index (χ1) is 11.2. The molecule has 0 aliphatic heterocycles. The number of thiophene rings is 1. The number of aryl methyl sites for hydroxylation is 2. The van der Waals surface area contributed by atoms with Gasteiger partial charge in [-0.25, -0.2) is 0 Å². The summed E-state index contributed by atoms with van der Waals surface area (Å²) in [5.41, 5.74) is 2.02. The first-order valence-corrected chi connectivity index (χ1v) is 8.89. The maximum atomic E-state index is 12.0. The Morgan fingerprint density at radius 3 is 2.78 bits per heavy atom. The van der Waals surface area contributed by atoms with E-state index in [1.807, 2.05) is 41.3 Å². The summed E-state index contributed by atoms with van der Waals surface area (Å²) in [6.45, 7) is 0. The van der Waals surface area contributed by atoms with Gasteiger partial charge in [-0.15, -0.1) is 10.2 Å². The molecule has 0 fully saturated rings. The Bertz CT molecular complexity index is 766. The zero-order chi connectivity index (χ0) is 16.1. The Labute approximate surface area is 142 Å². The first-order valence-electron chi connectivity index (χ1n) is 7.13. The van der Waals surface area contributed by atoms with Crippen molar-refractivity contribution in [1.82, 2.24) is 14.8 Å². The molecule has 1 aromatic carbocycles. The molecule has 0 saturated carbocycles. The number of hydrogen-bond acceptors (Lipinski definition) is 5. The Kier molecular flexibility index (Phi) is 5.09. The summed E-state index contributed by atoms with van der Waals surface area (Å²) >= 11 is 3.19. The lowest BCUT2D eigenvalue weighted by Gasteiger charge is -2.06. The number of carbonyl (C=O) groups excluding carboxylic acids is 1. The fourth-order valence-electron chi connectivity index (χ4n) is 1.99. The second-order valence-electron chi connectivity index (χ2n) is 5.03. The minimum absolute atomic E-state index is 0.0323. The van der Waals surface area contributed by atoms with Crippen LogP contribution in [0.4, 0.5) is 5.69 Å². The van der Waals surface area contributed by atoms with Crippen LogP contribution in [0.5, 0.6) is 0 Å². The molecular formula is C16H16N4OS2. The Hall–Kier alpha value is -2.12. The van der Waals surface area contributed by atoms with Gasteiger partial charge in [0.15, 0.2) is 5.16 Å². The molecule has 0 bridgehead atoms. The van der Waals surface area contributed by atoms with E-state index in [1.165, 1.54) is 17.3 Å². The maximum Gasteiger partial charge on any atom is 0.224 e. The van der Waals surface area contributed by atoms with E-state index in [9.17, 15) is 4.79 Å². The predicted molar refractivity (Wildman–Crippen MR) is 92.8 cm³/mol. The van der Waals surface area contributed by atoms with Crippen LogP contribution in [0, 0.1) is 0 Å². The van der Waals surface area contributed by atoms with Crippen molar-refractivity contribution in [2.24, 2.45) is 7.05 Å². The number of anilines is 1. The summed E-state index contributed by atoms with van der Waals surface area (Å²) in [6, 6.07) is 9.79. The van der Waals surface area contributed by atoms with Crippen LogP contribution in [0.3, 0.4) is 0 Å². The van der Waals surface area contributed by atoms with E-state index in [0.29, 0.717) is 6.42 Å². The third-order valence-corrected chi connectivity index (χ3v) is 5.03. The molecule has 118 valence electrons. The van der Waals surface area contributed by atoms with Crippen molar-refractivity contribution in [2.45, 2.75) is 22.9 Å². The van der Waals surface area contributed by atoms with Crippen LogP contribution < -0.4 is 5.32 Å². The van der Waals surface area contributed by atoms with Crippen molar-refractivity contribution in [3.63, 3.8) is 0 Å². The molecule has 0 atom stereocenters. The summed E-state index contributed by atoms with van der Waals surface area (Å²) in [5.74, 6) is 0.0323. The minimum atomic E-state index is 0.0323. The quantitative estimate of drug-likeness (QED) is 0.742. The van der Waals surface area contributed by atoms with Crippen molar-refractivity contribution < 1.29 is 4.79 Å². The number of carbonyl (C=O) groups is 1. The number of nitrogens with zero attached hydrogens (tertiary/aromatic N) is 3. The molecule has 2 aromatic heterocycles. The van der Waals surface area contributed by atoms with Gasteiger partial charge in [0, 0.05) is 24.1 Å². The van der Waals surface area contributed by atoms with Crippen LogP contribution in [0.15, 0.2) is 57.5 Å². The highest BCUT2D eigenvalue weighted by atomic mass is 32.2. The average molecular weight is 344 g/mol. The highest BCUT2D eigenvalue weighted by molar-refractivity contribution is 7.99. The van der Waals surface area contributed by atoms with Crippen molar-refractivity contribution in [2.75, 3.05) is 5.32 Å². The van der Waals surface area contributed by atoms with E-state index >= 15 is 0 Å². The number of aromatic nitrogens is 3. The predicted octanol–water partition coefficient (Wildman–Crippen LogP) is 3.60. The standard InChI is InChI=1S/C16H16N4OS2/c1-20-11-17-19-16(20)23-14-5-3-13(4-6-14)18-15(21)7-2-12-8-9-22-10-12/h3-6,8-11H,2,7H2,1H3,(H,18,21). The molecule has 1 N–H and O–H groups in total. The molecule has 23 heavy (non-hydrogen) atoms. The van der Waals surface area contributed by atoms with Gasteiger partial charge in [-0.05, 0) is 64.8 Å². The number of rotatable bonds is 6. The monoisotopic (exact) mass is 344 g/mol. The van der Waals surface area contributed by atoms with Crippen LogP contribution >= 0.6 is 23.1 Å². The molecule has 3 rings (SSSR count). The van der Waals surface area contributed by atoms with Crippen molar-refractivity contribution in [3.05, 3.63) is 53.0 Å². The second kappa shape index (κ2) is 7.43. The summed E-state index contributed by atoms with van der Waals surface area (Å²) in [7, 11) is 1.91. The third-order valence-electron chi connectivity index (χ3n) is 3.24. The summed E-state index contributed by atoms with van der Waals surface area (Å²) in [4.78, 5) is 13.0. The lowest BCUT2D eigenvalue weighted by molar-refractivity contribution is -0.116. The molecule has 3 aromatic rings. The van der Waals surface area contributed by atoms with Gasteiger partial charge in [-0.2, -0.15) is 11.3 Å². The van der Waals surface area contributed by atoms with E-state index in [4.69, 9.17) is 0 Å². The van der Waals surface area contributed by atoms with Gasteiger partial charge in [0.2, 0.25) is 5.91 Å². The molecular weight excluding hydrogens is 328 g/mol. The SMILES string of the molecule is Cn1cnnc1Sc1ccc(NC(=O)CCc2ccsc2)cc1. The highest BCUT2D eigenvalue weighted by Crippen LogP contribution is 2.26. The largest absolute Gasteiger partial charge is 0.326 e. The van der Waals surface area contributed by atoms with Crippen LogP contribution in [0.25, 0.3) is 0 Å². The molecule has 0 radical (unpaired) electrons. The molecule has 0 aliphatic carbocycles. The summed E-state index contributed by atoms with van der Waals surface area (Å²) in [5, 5.41) is 15.7. The molecule has 0 aliphatic rings. The van der Waals surface area contributed by atoms with E-state index < -0.39 is 0 Å². The van der Waals surface area contributed by atoms with Gasteiger partial charge >= 0.3 is 0 Å². The zero-order valence-corrected chi connectivity index (χ0v) is 14.2. The van der Waals surface area contributed by atoms with E-state index in [1.54, 1.807) is 17.7 Å². The van der Waals surface area contributed by atoms with Crippen molar-refractivity contribution >= 4 is 34.7 Å². The summed E-state index contributed by atoms with van der Waals surface area (Å²) < 4.78 is 1.87. The average Bonchev–Trinajstić information content (AvgIpc) is 3.20. The van der Waals surface area contributed by atoms with Gasteiger partial charge in [0.25, 0.3) is 0 Å². The van der Waals surface area contributed by atoms with Crippen LogP contribution in [0.2, 0.25) is 0 Å². The van der Waals surface area contributed by atoms with E-state index in [0.717, 1.165) is 22.2 Å². The molecule has 0 saturated heterocycles. The normalized spacial score (nSPS) is 10.7. The lowest BCUT2D eigenvalue weighted by Crippen LogP contribution is -2.12. The molecule has 0 spiro atoms. The molecule has 2 heterocycles. The minimum Gasteiger partial charge on any atom is -0.326 e. The maximum absolute atomic E-state index is 12.0. The number of hydrogen-bond donors (Lipinski definition) is 1. The van der Waals surface area contributed by atoms with E-state index in [2.05, 4.69) is 27.0 Å². The molecule has 1 amide bonds. The van der Waals surface area contributed by atoms with E-state index in [-0.39, 0.29) is 5.91 Å². The topological polar surface area (TPSA) is 59.8 Å². The summed E-state index contributed by atoms with van der Waals surface area (Å²) in [6.07, 6.45) is 2.94. The molecule has 0 unspecified atom stereocenters. The Balaban J connectivity index is 1.52. The van der Waals surface area contributed by atoms with Gasteiger partial charge < -0.3 is 9.88 Å². The number of amides is 1. The Morgan fingerprint density at radius 1 is 1.30 bits per heavy atom. The van der Waals surface area contributed by atoms with Gasteiger partial charge in [-0.3, -0.25) is 4.79 Å². The first kappa shape index (κ1) is 15.8.